The number of carbonyl (C=O) groups is 1. The topological polar surface area (TPSA) is 85.8 Å². The first-order valence-electron chi connectivity index (χ1n) is 5.83. The average molecular weight is 289 g/mol. The lowest BCUT2D eigenvalue weighted by Gasteiger charge is -2.03. The summed E-state index contributed by atoms with van der Waals surface area (Å²) in [6.07, 6.45) is 3.35. The molecule has 3 aromatic rings. The largest absolute Gasteiger partial charge is 0.476 e. The number of aromatic carboxylic acids is 1. The Labute approximate surface area is 118 Å². The summed E-state index contributed by atoms with van der Waals surface area (Å²) in [5.41, 5.74) is 1.10. The van der Waals surface area contributed by atoms with E-state index in [-0.39, 0.29) is 5.69 Å². The molecule has 0 saturated heterocycles. The molecule has 0 radical (unpaired) electrons. The van der Waals surface area contributed by atoms with Crippen LogP contribution in [0.25, 0.3) is 11.3 Å². The second kappa shape index (κ2) is 4.89. The number of hydrogen-bond acceptors (Lipinski definition) is 5. The maximum Gasteiger partial charge on any atom is 0.358 e. The van der Waals surface area contributed by atoms with Gasteiger partial charge in [-0.15, -0.1) is 16.4 Å². The van der Waals surface area contributed by atoms with Crippen LogP contribution in [0.4, 0.5) is 0 Å². The van der Waals surface area contributed by atoms with Crippen LogP contribution in [0.5, 0.6) is 0 Å². The number of aryl methyl sites for hydroxylation is 1. The molecule has 0 saturated carbocycles. The van der Waals surface area contributed by atoms with E-state index in [2.05, 4.69) is 15.4 Å². The molecular weight excluding hydrogens is 278 g/mol. The van der Waals surface area contributed by atoms with E-state index in [1.54, 1.807) is 40.1 Å². The highest BCUT2D eigenvalue weighted by atomic mass is 32.1. The molecule has 0 aliphatic carbocycles. The molecule has 0 atom stereocenters. The number of carboxylic acids is 1. The van der Waals surface area contributed by atoms with Crippen LogP contribution in [0, 0.1) is 0 Å². The Hall–Kier alpha value is -2.48. The zero-order valence-electron chi connectivity index (χ0n) is 10.6. The molecule has 0 unspecified atom stereocenters. The van der Waals surface area contributed by atoms with Crippen molar-refractivity contribution in [1.82, 2.24) is 24.8 Å². The molecule has 7 nitrogen and oxygen atoms in total. The van der Waals surface area contributed by atoms with Gasteiger partial charge >= 0.3 is 5.97 Å². The van der Waals surface area contributed by atoms with Crippen LogP contribution in [0.15, 0.2) is 29.9 Å². The van der Waals surface area contributed by atoms with E-state index in [1.807, 2.05) is 17.5 Å². The zero-order chi connectivity index (χ0) is 14.1. The molecule has 1 N–H and O–H groups in total. The van der Waals surface area contributed by atoms with Crippen molar-refractivity contribution in [2.24, 2.45) is 7.05 Å². The summed E-state index contributed by atoms with van der Waals surface area (Å²) in [5.74, 6) is -1.10. The lowest BCUT2D eigenvalue weighted by atomic mass is 10.2. The van der Waals surface area contributed by atoms with Crippen molar-refractivity contribution in [2.75, 3.05) is 0 Å². The molecule has 8 heteroatoms. The minimum Gasteiger partial charge on any atom is -0.476 e. The maximum atomic E-state index is 11.3. The molecule has 0 bridgehead atoms. The van der Waals surface area contributed by atoms with Gasteiger partial charge in [-0.25, -0.2) is 9.48 Å². The van der Waals surface area contributed by atoms with E-state index < -0.39 is 5.97 Å². The quantitative estimate of drug-likeness (QED) is 0.786. The summed E-state index contributed by atoms with van der Waals surface area (Å²) >= 11 is 1.59. The summed E-state index contributed by atoms with van der Waals surface area (Å²) in [6.45, 7) is 0.488. The third kappa shape index (κ3) is 2.21. The van der Waals surface area contributed by atoms with Crippen LogP contribution in [0.1, 0.15) is 15.4 Å². The lowest BCUT2D eigenvalue weighted by molar-refractivity contribution is 0.0691. The van der Waals surface area contributed by atoms with Gasteiger partial charge in [-0.05, 0) is 11.4 Å². The van der Waals surface area contributed by atoms with Crippen LogP contribution >= 0.6 is 11.3 Å². The van der Waals surface area contributed by atoms with Crippen molar-refractivity contribution < 1.29 is 9.90 Å². The van der Waals surface area contributed by atoms with Gasteiger partial charge < -0.3 is 5.11 Å². The van der Waals surface area contributed by atoms with Gasteiger partial charge in [0, 0.05) is 23.7 Å². The highest BCUT2D eigenvalue weighted by molar-refractivity contribution is 7.09. The van der Waals surface area contributed by atoms with Crippen LogP contribution in [0.2, 0.25) is 0 Å². The Morgan fingerprint density at radius 2 is 2.35 bits per heavy atom. The molecule has 3 rings (SSSR count). The number of hydrogen-bond donors (Lipinski definition) is 1. The van der Waals surface area contributed by atoms with E-state index in [1.165, 1.54) is 0 Å². The molecule has 102 valence electrons. The smallest absolute Gasteiger partial charge is 0.358 e. The zero-order valence-corrected chi connectivity index (χ0v) is 11.4. The van der Waals surface area contributed by atoms with Crippen molar-refractivity contribution in [3.63, 3.8) is 0 Å². The fourth-order valence-corrected chi connectivity index (χ4v) is 2.63. The predicted molar refractivity (Wildman–Crippen MR) is 72.6 cm³/mol. The molecule has 0 spiro atoms. The predicted octanol–water partition coefficient (Wildman–Crippen LogP) is 1.49. The standard InChI is InChI=1S/C12H11N5O2S/c1-16-6-8(5-13-16)11-10(12(18)19)14-15-17(11)7-9-3-2-4-20-9/h2-6H,7H2,1H3,(H,18,19). The third-order valence-electron chi connectivity index (χ3n) is 2.80. The van der Waals surface area contributed by atoms with Gasteiger partial charge in [0.05, 0.1) is 12.7 Å². The summed E-state index contributed by atoms with van der Waals surface area (Å²) in [4.78, 5) is 12.4. The Morgan fingerprint density at radius 3 is 2.95 bits per heavy atom. The second-order valence-electron chi connectivity index (χ2n) is 4.23. The SMILES string of the molecule is Cn1cc(-c2c(C(=O)O)nnn2Cc2cccs2)cn1. The lowest BCUT2D eigenvalue weighted by Crippen LogP contribution is -2.05. The molecule has 0 fully saturated rings. The van der Waals surface area contributed by atoms with E-state index in [4.69, 9.17) is 0 Å². The summed E-state index contributed by atoms with van der Waals surface area (Å²) in [6, 6.07) is 3.92. The maximum absolute atomic E-state index is 11.3. The molecule has 20 heavy (non-hydrogen) atoms. The Bertz CT molecular complexity index is 744. The van der Waals surface area contributed by atoms with Crippen molar-refractivity contribution in [3.8, 4) is 11.3 Å². The first-order chi connectivity index (χ1) is 9.65. The molecule has 0 amide bonds. The number of aromatic nitrogens is 5. The van der Waals surface area contributed by atoms with Gasteiger partial charge in [0.1, 0.15) is 5.69 Å². The Kier molecular flexibility index (Phi) is 3.07. The van der Waals surface area contributed by atoms with Gasteiger partial charge in [-0.1, -0.05) is 11.3 Å². The first-order valence-corrected chi connectivity index (χ1v) is 6.71. The normalized spacial score (nSPS) is 10.8. The van der Waals surface area contributed by atoms with Crippen LogP contribution in [-0.2, 0) is 13.6 Å². The average Bonchev–Trinajstić information content (AvgIpc) is 3.09. The minimum atomic E-state index is -1.10. The third-order valence-corrected chi connectivity index (χ3v) is 3.66. The Morgan fingerprint density at radius 1 is 1.50 bits per heavy atom. The molecular formula is C12H11N5O2S. The fourth-order valence-electron chi connectivity index (χ4n) is 1.95. The number of rotatable bonds is 4. The van der Waals surface area contributed by atoms with Gasteiger partial charge in [-0.3, -0.25) is 4.68 Å². The molecule has 3 aromatic heterocycles. The van der Waals surface area contributed by atoms with E-state index in [0.717, 1.165) is 4.88 Å². The van der Waals surface area contributed by atoms with Crippen molar-refractivity contribution in [1.29, 1.82) is 0 Å². The number of nitrogens with zero attached hydrogens (tertiary/aromatic N) is 5. The second-order valence-corrected chi connectivity index (χ2v) is 5.26. The number of carboxylic acid groups (broad SMARTS) is 1. The molecule has 3 heterocycles. The van der Waals surface area contributed by atoms with Crippen LogP contribution in [-0.4, -0.2) is 35.9 Å². The molecule has 0 aromatic carbocycles. The van der Waals surface area contributed by atoms with Crippen molar-refractivity contribution >= 4 is 17.3 Å². The highest BCUT2D eigenvalue weighted by Crippen LogP contribution is 2.23. The highest BCUT2D eigenvalue weighted by Gasteiger charge is 2.21. The van der Waals surface area contributed by atoms with Gasteiger partial charge in [0.25, 0.3) is 0 Å². The summed E-state index contributed by atoms with van der Waals surface area (Å²) in [5, 5.41) is 23.0. The van der Waals surface area contributed by atoms with E-state index in [9.17, 15) is 9.90 Å². The van der Waals surface area contributed by atoms with E-state index >= 15 is 0 Å². The van der Waals surface area contributed by atoms with Crippen LogP contribution in [0.3, 0.4) is 0 Å². The van der Waals surface area contributed by atoms with E-state index in [0.29, 0.717) is 17.8 Å². The van der Waals surface area contributed by atoms with Crippen molar-refractivity contribution in [3.05, 3.63) is 40.5 Å². The summed E-state index contributed by atoms with van der Waals surface area (Å²) < 4.78 is 3.20. The minimum absolute atomic E-state index is 0.0606. The molecule has 0 aliphatic heterocycles. The van der Waals surface area contributed by atoms with Crippen LogP contribution < -0.4 is 0 Å². The van der Waals surface area contributed by atoms with Gasteiger partial charge in [0.2, 0.25) is 0 Å². The molecule has 0 aliphatic rings. The van der Waals surface area contributed by atoms with Gasteiger partial charge in [0.15, 0.2) is 5.69 Å². The monoisotopic (exact) mass is 289 g/mol. The van der Waals surface area contributed by atoms with Gasteiger partial charge in [-0.2, -0.15) is 5.10 Å². The summed E-state index contributed by atoms with van der Waals surface area (Å²) in [7, 11) is 1.78. The van der Waals surface area contributed by atoms with Crippen molar-refractivity contribution in [2.45, 2.75) is 6.54 Å². The first kappa shape index (κ1) is 12.5. The number of thiophene rings is 1. The fraction of sp³-hybridized carbons (Fsp3) is 0.167. The Balaban J connectivity index is 2.08.